The molecule has 0 saturated carbocycles. The highest BCUT2D eigenvalue weighted by Crippen LogP contribution is 2.15. The molecule has 1 aromatic carbocycles. The third kappa shape index (κ3) is 3.56. The number of amides is 1. The number of aryl methyl sites for hydroxylation is 2. The molecule has 0 aliphatic heterocycles. The van der Waals surface area contributed by atoms with Gasteiger partial charge >= 0.3 is 0 Å². The van der Waals surface area contributed by atoms with Crippen molar-refractivity contribution in [1.29, 1.82) is 0 Å². The van der Waals surface area contributed by atoms with Crippen LogP contribution >= 0.6 is 0 Å². The molecule has 0 saturated heterocycles. The topological polar surface area (TPSA) is 55.1 Å². The van der Waals surface area contributed by atoms with Gasteiger partial charge in [-0.1, -0.05) is 26.3 Å². The Morgan fingerprint density at radius 3 is 2.53 bits per heavy atom. The lowest BCUT2D eigenvalue weighted by Crippen LogP contribution is -2.40. The van der Waals surface area contributed by atoms with Gasteiger partial charge in [0.25, 0.3) is 0 Å². The number of hydrogen-bond donors (Lipinski definition) is 2. The van der Waals surface area contributed by atoms with E-state index in [2.05, 4.69) is 5.32 Å². The Kier molecular flexibility index (Phi) is 4.70. The van der Waals surface area contributed by atoms with E-state index in [1.54, 1.807) is 0 Å². The van der Waals surface area contributed by atoms with Crippen molar-refractivity contribution in [3.05, 3.63) is 29.3 Å². The Balaban J connectivity index is 2.71. The van der Waals surface area contributed by atoms with E-state index in [0.29, 0.717) is 0 Å². The van der Waals surface area contributed by atoms with Gasteiger partial charge in [0.1, 0.15) is 0 Å². The summed E-state index contributed by atoms with van der Waals surface area (Å²) in [5, 5.41) is 2.86. The van der Waals surface area contributed by atoms with E-state index in [-0.39, 0.29) is 11.8 Å². The van der Waals surface area contributed by atoms with Crippen LogP contribution in [0.5, 0.6) is 0 Å². The molecule has 0 heterocycles. The molecule has 0 aliphatic rings. The first-order valence-corrected chi connectivity index (χ1v) is 6.09. The summed E-state index contributed by atoms with van der Waals surface area (Å²) in [4.78, 5) is 11.9. The third-order valence-electron chi connectivity index (χ3n) is 3.33. The summed E-state index contributed by atoms with van der Waals surface area (Å²) in [7, 11) is 0. The lowest BCUT2D eigenvalue weighted by molar-refractivity contribution is -0.118. The van der Waals surface area contributed by atoms with Crippen molar-refractivity contribution in [3.63, 3.8) is 0 Å². The number of carbonyl (C=O) groups is 1. The molecule has 94 valence electrons. The Morgan fingerprint density at radius 1 is 1.35 bits per heavy atom. The molecule has 0 spiro atoms. The maximum Gasteiger partial charge on any atom is 0.241 e. The van der Waals surface area contributed by atoms with Gasteiger partial charge < -0.3 is 11.1 Å². The van der Waals surface area contributed by atoms with E-state index in [9.17, 15) is 4.79 Å². The number of nitrogens with two attached hydrogens (primary N) is 1. The Hall–Kier alpha value is -1.35. The second kappa shape index (κ2) is 5.82. The van der Waals surface area contributed by atoms with Crippen molar-refractivity contribution in [2.45, 2.75) is 40.2 Å². The first kappa shape index (κ1) is 13.7. The van der Waals surface area contributed by atoms with Crippen LogP contribution in [0.3, 0.4) is 0 Å². The molecule has 2 unspecified atom stereocenters. The molecule has 0 aliphatic carbocycles. The van der Waals surface area contributed by atoms with Crippen LogP contribution in [0, 0.1) is 19.8 Å². The molecule has 1 aromatic rings. The van der Waals surface area contributed by atoms with Crippen LogP contribution in [0.2, 0.25) is 0 Å². The van der Waals surface area contributed by atoms with E-state index in [1.165, 1.54) is 11.1 Å². The zero-order valence-electron chi connectivity index (χ0n) is 11.1. The molecule has 3 heteroatoms. The highest BCUT2D eigenvalue weighted by molar-refractivity contribution is 5.94. The molecule has 3 nitrogen and oxygen atoms in total. The van der Waals surface area contributed by atoms with Gasteiger partial charge in [0.15, 0.2) is 0 Å². The van der Waals surface area contributed by atoms with Crippen LogP contribution in [0.25, 0.3) is 0 Å². The predicted octanol–water partition coefficient (Wildman–Crippen LogP) is 2.62. The fraction of sp³-hybridized carbons (Fsp3) is 0.500. The molecule has 0 bridgehead atoms. The highest BCUT2D eigenvalue weighted by Gasteiger charge is 2.19. The van der Waals surface area contributed by atoms with Crippen LogP contribution in [0.4, 0.5) is 5.69 Å². The lowest BCUT2D eigenvalue weighted by atomic mass is 9.99. The molecule has 3 N–H and O–H groups in total. The van der Waals surface area contributed by atoms with E-state index in [1.807, 2.05) is 45.9 Å². The quantitative estimate of drug-likeness (QED) is 0.841. The summed E-state index contributed by atoms with van der Waals surface area (Å²) in [6.07, 6.45) is 0.904. The van der Waals surface area contributed by atoms with E-state index in [0.717, 1.165) is 12.1 Å². The molecule has 1 rings (SSSR count). The molecule has 0 aromatic heterocycles. The Morgan fingerprint density at radius 2 is 2.00 bits per heavy atom. The van der Waals surface area contributed by atoms with Gasteiger partial charge in [-0.05, 0) is 43.0 Å². The fourth-order valence-electron chi connectivity index (χ4n) is 1.56. The van der Waals surface area contributed by atoms with Crippen molar-refractivity contribution in [2.24, 2.45) is 11.7 Å². The van der Waals surface area contributed by atoms with Gasteiger partial charge in [-0.3, -0.25) is 4.79 Å². The molecule has 0 radical (unpaired) electrons. The molecule has 17 heavy (non-hydrogen) atoms. The number of rotatable bonds is 4. The Labute approximate surface area is 103 Å². The molecule has 0 fully saturated rings. The smallest absolute Gasteiger partial charge is 0.241 e. The summed E-state index contributed by atoms with van der Waals surface area (Å²) < 4.78 is 0. The SMILES string of the molecule is CCC(C)C(N)C(=O)Nc1ccc(C)c(C)c1. The molecule has 2 atom stereocenters. The highest BCUT2D eigenvalue weighted by atomic mass is 16.2. The zero-order valence-corrected chi connectivity index (χ0v) is 11.1. The van der Waals surface area contributed by atoms with Crippen molar-refractivity contribution in [3.8, 4) is 0 Å². The second-order valence-corrected chi connectivity index (χ2v) is 4.70. The van der Waals surface area contributed by atoms with Crippen LogP contribution in [-0.4, -0.2) is 11.9 Å². The van der Waals surface area contributed by atoms with Crippen LogP contribution in [-0.2, 0) is 4.79 Å². The Bertz CT molecular complexity index is 401. The minimum Gasteiger partial charge on any atom is -0.325 e. The van der Waals surface area contributed by atoms with Gasteiger partial charge in [0, 0.05) is 5.69 Å². The number of hydrogen-bond acceptors (Lipinski definition) is 2. The van der Waals surface area contributed by atoms with Gasteiger partial charge in [-0.2, -0.15) is 0 Å². The van der Waals surface area contributed by atoms with E-state index in [4.69, 9.17) is 5.73 Å². The minimum atomic E-state index is -0.443. The van der Waals surface area contributed by atoms with Crippen LogP contribution in [0.1, 0.15) is 31.4 Å². The number of anilines is 1. The van der Waals surface area contributed by atoms with Crippen molar-refractivity contribution >= 4 is 11.6 Å². The monoisotopic (exact) mass is 234 g/mol. The van der Waals surface area contributed by atoms with Gasteiger partial charge in [-0.15, -0.1) is 0 Å². The average Bonchev–Trinajstić information content (AvgIpc) is 2.31. The summed E-state index contributed by atoms with van der Waals surface area (Å²) in [6, 6.07) is 5.43. The maximum atomic E-state index is 11.9. The first-order valence-electron chi connectivity index (χ1n) is 6.09. The summed E-state index contributed by atoms with van der Waals surface area (Å²) in [6.45, 7) is 8.10. The third-order valence-corrected chi connectivity index (χ3v) is 3.33. The van der Waals surface area contributed by atoms with Gasteiger partial charge in [0.05, 0.1) is 6.04 Å². The molecular formula is C14H22N2O. The fourth-order valence-corrected chi connectivity index (χ4v) is 1.56. The normalized spacial score (nSPS) is 14.2. The number of benzene rings is 1. The standard InChI is InChI=1S/C14H22N2O/c1-5-9(2)13(15)14(17)16-12-7-6-10(3)11(4)8-12/h6-9,13H,5,15H2,1-4H3,(H,16,17). The molecular weight excluding hydrogens is 212 g/mol. The van der Waals surface area contributed by atoms with E-state index >= 15 is 0 Å². The minimum absolute atomic E-state index is 0.109. The van der Waals surface area contributed by atoms with Crippen LogP contribution in [0.15, 0.2) is 18.2 Å². The van der Waals surface area contributed by atoms with E-state index < -0.39 is 6.04 Å². The summed E-state index contributed by atoms with van der Waals surface area (Å²) in [5.74, 6) is 0.0872. The largest absolute Gasteiger partial charge is 0.325 e. The average molecular weight is 234 g/mol. The van der Waals surface area contributed by atoms with Crippen LogP contribution < -0.4 is 11.1 Å². The molecule has 1 amide bonds. The maximum absolute atomic E-state index is 11.9. The van der Waals surface area contributed by atoms with Crippen molar-refractivity contribution in [2.75, 3.05) is 5.32 Å². The van der Waals surface area contributed by atoms with Crippen molar-refractivity contribution in [1.82, 2.24) is 0 Å². The lowest BCUT2D eigenvalue weighted by Gasteiger charge is -2.18. The zero-order chi connectivity index (χ0) is 13.0. The number of nitrogens with one attached hydrogen (secondary N) is 1. The second-order valence-electron chi connectivity index (χ2n) is 4.70. The summed E-state index contributed by atoms with van der Waals surface area (Å²) >= 11 is 0. The van der Waals surface area contributed by atoms with Gasteiger partial charge in [0.2, 0.25) is 5.91 Å². The number of carbonyl (C=O) groups excluding carboxylic acids is 1. The predicted molar refractivity (Wildman–Crippen MR) is 72.0 cm³/mol. The summed E-state index contributed by atoms with van der Waals surface area (Å²) in [5.41, 5.74) is 9.07. The van der Waals surface area contributed by atoms with Crippen molar-refractivity contribution < 1.29 is 4.79 Å². The van der Waals surface area contributed by atoms with Gasteiger partial charge in [-0.25, -0.2) is 0 Å². The first-order chi connectivity index (χ1) is 7.95.